The summed E-state index contributed by atoms with van der Waals surface area (Å²) in [6, 6.07) is 19.4. The number of aromatic nitrogens is 1. The lowest BCUT2D eigenvalue weighted by Gasteiger charge is -2.25. The number of ketones is 1. The van der Waals surface area contributed by atoms with E-state index in [9.17, 15) is 14.7 Å². The first kappa shape index (κ1) is 20.3. The van der Waals surface area contributed by atoms with Crippen molar-refractivity contribution in [1.82, 2.24) is 9.88 Å². The van der Waals surface area contributed by atoms with Gasteiger partial charge in [-0.3, -0.25) is 14.6 Å². The maximum atomic E-state index is 13.0. The number of rotatable bonds is 6. The van der Waals surface area contributed by atoms with Crippen LogP contribution in [0.5, 0.6) is 5.75 Å². The van der Waals surface area contributed by atoms with E-state index in [2.05, 4.69) is 4.98 Å². The number of benzene rings is 2. The number of aliphatic hydroxyl groups excluding tert-OH is 1. The molecule has 1 fully saturated rings. The fourth-order valence-corrected chi connectivity index (χ4v) is 3.82. The third kappa shape index (κ3) is 4.05. The Balaban J connectivity index is 1.78. The summed E-state index contributed by atoms with van der Waals surface area (Å²) in [5.74, 6) is -0.999. The summed E-state index contributed by atoms with van der Waals surface area (Å²) in [6.07, 6.45) is 3.81. The van der Waals surface area contributed by atoms with E-state index in [1.54, 1.807) is 48.8 Å². The van der Waals surface area contributed by atoms with Crippen LogP contribution in [0.4, 0.5) is 0 Å². The lowest BCUT2D eigenvalue weighted by Crippen LogP contribution is -2.31. The van der Waals surface area contributed by atoms with Crippen LogP contribution < -0.4 is 4.74 Å². The molecule has 1 aliphatic rings. The summed E-state index contributed by atoms with van der Waals surface area (Å²) in [6.45, 7) is 0.344. The van der Waals surface area contributed by atoms with Gasteiger partial charge in [-0.25, -0.2) is 0 Å². The molecule has 6 heteroatoms. The van der Waals surface area contributed by atoms with Crippen LogP contribution >= 0.6 is 0 Å². The molecule has 2 heterocycles. The van der Waals surface area contributed by atoms with Crippen molar-refractivity contribution >= 4 is 17.4 Å². The SMILES string of the molecule is COc1cccc(C(O)=C2C(=O)C(=O)N(CCc3ccccc3)C2c2ccncc2)c1. The summed E-state index contributed by atoms with van der Waals surface area (Å²) in [4.78, 5) is 31.6. The molecule has 0 bridgehead atoms. The van der Waals surface area contributed by atoms with Crippen molar-refractivity contribution < 1.29 is 19.4 Å². The second kappa shape index (κ2) is 8.83. The van der Waals surface area contributed by atoms with Crippen LogP contribution in [0, 0.1) is 0 Å². The third-order valence-corrected chi connectivity index (χ3v) is 5.39. The Labute approximate surface area is 180 Å². The van der Waals surface area contributed by atoms with Crippen molar-refractivity contribution in [3.63, 3.8) is 0 Å². The van der Waals surface area contributed by atoms with E-state index in [1.165, 1.54) is 12.0 Å². The molecule has 6 nitrogen and oxygen atoms in total. The molecule has 0 aliphatic carbocycles. The molecule has 4 rings (SSSR count). The fourth-order valence-electron chi connectivity index (χ4n) is 3.82. The minimum atomic E-state index is -0.699. The maximum absolute atomic E-state index is 13.0. The average Bonchev–Trinajstić information content (AvgIpc) is 3.08. The predicted octanol–water partition coefficient (Wildman–Crippen LogP) is 3.75. The van der Waals surface area contributed by atoms with E-state index < -0.39 is 17.7 Å². The van der Waals surface area contributed by atoms with Gasteiger partial charge in [0.05, 0.1) is 18.7 Å². The van der Waals surface area contributed by atoms with Crippen LogP contribution in [0.3, 0.4) is 0 Å². The molecule has 31 heavy (non-hydrogen) atoms. The molecule has 1 atom stereocenters. The van der Waals surface area contributed by atoms with E-state index in [1.807, 2.05) is 30.3 Å². The molecular formula is C25H22N2O4. The molecule has 2 aromatic carbocycles. The lowest BCUT2D eigenvalue weighted by molar-refractivity contribution is -0.139. The Kier molecular flexibility index (Phi) is 5.80. The first-order valence-electron chi connectivity index (χ1n) is 9.97. The van der Waals surface area contributed by atoms with Gasteiger partial charge in [0.2, 0.25) is 0 Å². The zero-order valence-electron chi connectivity index (χ0n) is 17.1. The first-order chi connectivity index (χ1) is 15.1. The number of Topliss-reactive ketones (excluding diaryl/α,β-unsaturated/α-hetero) is 1. The molecule has 0 saturated carbocycles. The number of ether oxygens (including phenoxy) is 1. The minimum absolute atomic E-state index is 0.0671. The highest BCUT2D eigenvalue weighted by Crippen LogP contribution is 2.39. The van der Waals surface area contributed by atoms with E-state index in [0.29, 0.717) is 29.8 Å². The molecule has 0 spiro atoms. The molecule has 1 saturated heterocycles. The van der Waals surface area contributed by atoms with Gasteiger partial charge in [-0.1, -0.05) is 42.5 Å². The van der Waals surface area contributed by atoms with Crippen LogP contribution in [-0.4, -0.2) is 40.3 Å². The van der Waals surface area contributed by atoms with Crippen LogP contribution in [0.15, 0.2) is 84.7 Å². The second-order valence-electron chi connectivity index (χ2n) is 7.24. The van der Waals surface area contributed by atoms with Crippen molar-refractivity contribution in [2.75, 3.05) is 13.7 Å². The molecule has 1 amide bonds. The Morgan fingerprint density at radius 1 is 1.03 bits per heavy atom. The van der Waals surface area contributed by atoms with Gasteiger partial charge in [0, 0.05) is 24.5 Å². The maximum Gasteiger partial charge on any atom is 0.295 e. The van der Waals surface area contributed by atoms with Gasteiger partial charge in [-0.15, -0.1) is 0 Å². The van der Waals surface area contributed by atoms with Crippen molar-refractivity contribution in [2.45, 2.75) is 12.5 Å². The molecule has 1 aliphatic heterocycles. The normalized spacial score (nSPS) is 17.7. The van der Waals surface area contributed by atoms with Crippen LogP contribution in [0.25, 0.3) is 5.76 Å². The Morgan fingerprint density at radius 2 is 1.77 bits per heavy atom. The van der Waals surface area contributed by atoms with Crippen LogP contribution in [0.2, 0.25) is 0 Å². The van der Waals surface area contributed by atoms with Crippen molar-refractivity contribution in [1.29, 1.82) is 0 Å². The predicted molar refractivity (Wildman–Crippen MR) is 116 cm³/mol. The lowest BCUT2D eigenvalue weighted by atomic mass is 9.95. The Morgan fingerprint density at radius 3 is 2.48 bits per heavy atom. The number of nitrogens with zero attached hydrogens (tertiary/aromatic N) is 2. The van der Waals surface area contributed by atoms with E-state index >= 15 is 0 Å². The number of carbonyl (C=O) groups excluding carboxylic acids is 2. The molecule has 3 aromatic rings. The van der Waals surface area contributed by atoms with Gasteiger partial charge in [-0.2, -0.15) is 0 Å². The van der Waals surface area contributed by atoms with Crippen LogP contribution in [-0.2, 0) is 16.0 Å². The molecule has 1 N–H and O–H groups in total. The van der Waals surface area contributed by atoms with Crippen LogP contribution in [0.1, 0.15) is 22.7 Å². The number of likely N-dealkylation sites (tertiary alicyclic amines) is 1. The van der Waals surface area contributed by atoms with Gasteiger partial charge >= 0.3 is 0 Å². The van der Waals surface area contributed by atoms with Crippen molar-refractivity contribution in [3.05, 3.63) is 101 Å². The summed E-state index contributed by atoms with van der Waals surface area (Å²) in [5, 5.41) is 11.1. The van der Waals surface area contributed by atoms with Gasteiger partial charge in [0.1, 0.15) is 11.5 Å². The smallest absolute Gasteiger partial charge is 0.295 e. The van der Waals surface area contributed by atoms with E-state index in [4.69, 9.17) is 4.74 Å². The standard InChI is InChI=1S/C25H22N2O4/c1-31-20-9-5-8-19(16-20)23(28)21-22(18-10-13-26-14-11-18)27(25(30)24(21)29)15-12-17-6-3-2-4-7-17/h2-11,13-14,16,22,28H,12,15H2,1H3. The molecular weight excluding hydrogens is 392 g/mol. The number of hydrogen-bond acceptors (Lipinski definition) is 5. The van der Waals surface area contributed by atoms with Crippen molar-refractivity contribution in [3.8, 4) is 5.75 Å². The molecule has 0 radical (unpaired) electrons. The van der Waals surface area contributed by atoms with E-state index in [-0.39, 0.29) is 11.3 Å². The van der Waals surface area contributed by atoms with Gasteiger partial charge < -0.3 is 14.7 Å². The topological polar surface area (TPSA) is 79.7 Å². The number of methoxy groups -OCH3 is 1. The highest BCUT2D eigenvalue weighted by atomic mass is 16.5. The molecule has 156 valence electrons. The van der Waals surface area contributed by atoms with Gasteiger partial charge in [-0.05, 0) is 41.8 Å². The average molecular weight is 414 g/mol. The zero-order chi connectivity index (χ0) is 21.8. The largest absolute Gasteiger partial charge is 0.507 e. The molecule has 1 unspecified atom stereocenters. The summed E-state index contributed by atoms with van der Waals surface area (Å²) >= 11 is 0. The monoisotopic (exact) mass is 414 g/mol. The fraction of sp³-hybridized carbons (Fsp3) is 0.160. The summed E-state index contributed by atoms with van der Waals surface area (Å²) < 4.78 is 5.23. The second-order valence-corrected chi connectivity index (χ2v) is 7.24. The van der Waals surface area contributed by atoms with E-state index in [0.717, 1.165) is 5.56 Å². The number of pyridine rings is 1. The van der Waals surface area contributed by atoms with Gasteiger partial charge in [0.15, 0.2) is 0 Å². The number of hydrogen-bond donors (Lipinski definition) is 1. The molecule has 1 aromatic heterocycles. The third-order valence-electron chi connectivity index (χ3n) is 5.39. The quantitative estimate of drug-likeness (QED) is 0.377. The number of amides is 1. The number of aliphatic hydroxyl groups is 1. The number of carbonyl (C=O) groups is 2. The first-order valence-corrected chi connectivity index (χ1v) is 9.97. The summed E-state index contributed by atoms with van der Waals surface area (Å²) in [7, 11) is 1.53. The summed E-state index contributed by atoms with van der Waals surface area (Å²) in [5.41, 5.74) is 2.26. The van der Waals surface area contributed by atoms with Crippen molar-refractivity contribution in [2.24, 2.45) is 0 Å². The Hall–Kier alpha value is -3.93. The zero-order valence-corrected chi connectivity index (χ0v) is 17.1. The van der Waals surface area contributed by atoms with Gasteiger partial charge in [0.25, 0.3) is 11.7 Å². The minimum Gasteiger partial charge on any atom is -0.507 e. The highest BCUT2D eigenvalue weighted by molar-refractivity contribution is 6.46. The Bertz CT molecular complexity index is 1130. The highest BCUT2D eigenvalue weighted by Gasteiger charge is 2.45.